The summed E-state index contributed by atoms with van der Waals surface area (Å²) in [5, 5.41) is 3.15. The first kappa shape index (κ1) is 15.3. The molecule has 0 amide bonds. The first-order chi connectivity index (χ1) is 10.7. The van der Waals surface area contributed by atoms with E-state index in [2.05, 4.69) is 17.8 Å². The monoisotopic (exact) mass is 394 g/mol. The SMILES string of the molecule is O=C[P]([Rh])(c1ccccc1)(c1ccccc1)c1ccccc1. The second-order valence-corrected chi connectivity index (χ2v) is 13.5. The van der Waals surface area contributed by atoms with Crippen molar-refractivity contribution in [1.82, 2.24) is 0 Å². The van der Waals surface area contributed by atoms with Gasteiger partial charge in [-0.25, -0.2) is 0 Å². The van der Waals surface area contributed by atoms with Crippen molar-refractivity contribution in [3.05, 3.63) is 91.0 Å². The molecule has 0 heterocycles. The molecule has 0 aromatic heterocycles. The van der Waals surface area contributed by atoms with Crippen LogP contribution < -0.4 is 15.9 Å². The van der Waals surface area contributed by atoms with E-state index in [-0.39, 0.29) is 0 Å². The molecule has 3 heteroatoms. The van der Waals surface area contributed by atoms with Gasteiger partial charge >= 0.3 is 140 Å². The number of benzene rings is 3. The topological polar surface area (TPSA) is 17.1 Å². The van der Waals surface area contributed by atoms with Crippen LogP contribution in [0.2, 0.25) is 0 Å². The summed E-state index contributed by atoms with van der Waals surface area (Å²) in [6, 6.07) is 31.3. The van der Waals surface area contributed by atoms with Gasteiger partial charge in [0.25, 0.3) is 0 Å². The van der Waals surface area contributed by atoms with Crippen LogP contribution >= 0.6 is 4.94 Å². The first-order valence-corrected chi connectivity index (χ1v) is 11.4. The van der Waals surface area contributed by atoms with Crippen LogP contribution in [-0.2, 0) is 22.6 Å². The van der Waals surface area contributed by atoms with Crippen LogP contribution in [0.25, 0.3) is 0 Å². The van der Waals surface area contributed by atoms with Gasteiger partial charge in [0, 0.05) is 0 Å². The van der Waals surface area contributed by atoms with E-state index in [1.54, 1.807) is 0 Å². The Hall–Kier alpha value is -1.62. The molecule has 0 fully saturated rings. The summed E-state index contributed by atoms with van der Waals surface area (Å²) in [4.78, 5) is 9.39. The van der Waals surface area contributed by atoms with Crippen LogP contribution in [-0.4, -0.2) is 6.03 Å². The zero-order valence-electron chi connectivity index (χ0n) is 11.9. The second kappa shape index (κ2) is 5.88. The number of carbonyl (C=O) groups is 1. The van der Waals surface area contributed by atoms with Crippen molar-refractivity contribution in [2.24, 2.45) is 0 Å². The fourth-order valence-corrected chi connectivity index (χ4v) is 8.45. The van der Waals surface area contributed by atoms with Gasteiger partial charge in [-0.15, -0.1) is 0 Å². The zero-order chi connectivity index (χ0) is 15.5. The number of rotatable bonds is 4. The van der Waals surface area contributed by atoms with Crippen LogP contribution in [0.3, 0.4) is 0 Å². The molecule has 0 aliphatic heterocycles. The predicted molar refractivity (Wildman–Crippen MR) is 91.9 cm³/mol. The van der Waals surface area contributed by atoms with E-state index in [1.165, 1.54) is 0 Å². The fraction of sp³-hybridized carbons (Fsp3) is 0. The van der Waals surface area contributed by atoms with Gasteiger partial charge in [-0.2, -0.15) is 0 Å². The van der Waals surface area contributed by atoms with Gasteiger partial charge < -0.3 is 0 Å². The van der Waals surface area contributed by atoms with Gasteiger partial charge in [0.1, 0.15) is 0 Å². The first-order valence-electron chi connectivity index (χ1n) is 7.05. The molecule has 1 nitrogen and oxygen atoms in total. The Kier molecular flexibility index (Phi) is 4.08. The third-order valence-electron chi connectivity index (χ3n) is 3.94. The summed E-state index contributed by atoms with van der Waals surface area (Å²) in [6.45, 7) is 0. The zero-order valence-corrected chi connectivity index (χ0v) is 14.5. The van der Waals surface area contributed by atoms with Crippen molar-refractivity contribution in [2.75, 3.05) is 0 Å². The molecule has 0 N–H and O–H groups in total. The average molecular weight is 394 g/mol. The van der Waals surface area contributed by atoms with E-state index in [4.69, 9.17) is 0 Å². The van der Waals surface area contributed by atoms with Crippen molar-refractivity contribution in [3.8, 4) is 0 Å². The summed E-state index contributed by atoms with van der Waals surface area (Å²) >= 11 is 3.22. The molecule has 0 saturated carbocycles. The van der Waals surface area contributed by atoms with Gasteiger partial charge in [-0.3, -0.25) is 0 Å². The second-order valence-electron chi connectivity index (χ2n) is 5.14. The molecule has 0 unspecified atom stereocenters. The standard InChI is InChI=1S/C19H16OP.Rh/c20-16-21(17-10-4-1-5-11-17,18-12-6-2-7-13-18)19-14-8-3-9-15-19;/h1-16H;/q+1;-1. The van der Waals surface area contributed by atoms with Crippen molar-refractivity contribution in [1.29, 1.82) is 0 Å². The average Bonchev–Trinajstić information content (AvgIpc) is 2.63. The minimum atomic E-state index is -3.19. The summed E-state index contributed by atoms with van der Waals surface area (Å²) in [7, 11) is 0. The third-order valence-corrected chi connectivity index (χ3v) is 12.5. The van der Waals surface area contributed by atoms with E-state index in [0.29, 0.717) is 0 Å². The normalized spacial score (nSPS) is 13.1. The maximum atomic E-state index is 12.6. The summed E-state index contributed by atoms with van der Waals surface area (Å²) in [5.74, 6) is 0. The van der Waals surface area contributed by atoms with Crippen LogP contribution in [0.4, 0.5) is 0 Å². The number of hydrogen-bond donors (Lipinski definition) is 0. The van der Waals surface area contributed by atoms with Crippen molar-refractivity contribution < 1.29 is 22.6 Å². The van der Waals surface area contributed by atoms with E-state index in [1.807, 2.05) is 91.0 Å². The van der Waals surface area contributed by atoms with Crippen molar-refractivity contribution >= 4 is 26.9 Å². The van der Waals surface area contributed by atoms with Crippen molar-refractivity contribution in [2.45, 2.75) is 0 Å². The van der Waals surface area contributed by atoms with E-state index in [0.717, 1.165) is 21.9 Å². The predicted octanol–water partition coefficient (Wildman–Crippen LogP) is 3.17. The van der Waals surface area contributed by atoms with Gasteiger partial charge in [0.2, 0.25) is 0 Å². The Morgan fingerprint density at radius 1 is 0.591 bits per heavy atom. The molecular formula is C19H16OPRh. The molecule has 0 aliphatic rings. The van der Waals surface area contributed by atoms with Crippen LogP contribution in [0, 0.1) is 0 Å². The Morgan fingerprint density at radius 3 is 1.09 bits per heavy atom. The summed E-state index contributed by atoms with van der Waals surface area (Å²) in [6.07, 6.45) is 0. The van der Waals surface area contributed by atoms with E-state index < -0.39 is 4.94 Å². The molecule has 22 heavy (non-hydrogen) atoms. The van der Waals surface area contributed by atoms with Gasteiger partial charge in [0.05, 0.1) is 0 Å². The molecule has 3 aromatic carbocycles. The van der Waals surface area contributed by atoms with Crippen LogP contribution in [0.5, 0.6) is 0 Å². The Morgan fingerprint density at radius 2 is 0.864 bits per heavy atom. The molecule has 112 valence electrons. The fourth-order valence-electron chi connectivity index (χ4n) is 2.77. The molecule has 0 bridgehead atoms. The molecule has 0 aliphatic carbocycles. The van der Waals surface area contributed by atoms with Gasteiger partial charge in [0.15, 0.2) is 0 Å². The molecule has 0 radical (unpaired) electrons. The summed E-state index contributed by atoms with van der Waals surface area (Å²) in [5.41, 5.74) is 0. The van der Waals surface area contributed by atoms with Gasteiger partial charge in [-0.1, -0.05) is 0 Å². The van der Waals surface area contributed by atoms with Crippen LogP contribution in [0.1, 0.15) is 0 Å². The minimum absolute atomic E-state index is 1.05. The molecule has 0 spiro atoms. The third kappa shape index (κ3) is 2.19. The Labute approximate surface area is 140 Å². The van der Waals surface area contributed by atoms with E-state index in [9.17, 15) is 4.79 Å². The Bertz CT molecular complexity index is 673. The molecule has 3 aromatic rings. The number of carbonyl (C=O) groups excluding carboxylic acids is 1. The van der Waals surface area contributed by atoms with Crippen molar-refractivity contribution in [3.63, 3.8) is 0 Å². The summed E-state index contributed by atoms with van der Waals surface area (Å²) < 4.78 is 0. The molecule has 3 rings (SSSR count). The molecular weight excluding hydrogens is 378 g/mol. The Balaban J connectivity index is 2.44. The van der Waals surface area contributed by atoms with Crippen LogP contribution in [0.15, 0.2) is 91.0 Å². The maximum absolute atomic E-state index is 12.6. The quantitative estimate of drug-likeness (QED) is 0.378. The molecule has 0 atom stereocenters. The molecule has 0 saturated heterocycles. The van der Waals surface area contributed by atoms with Gasteiger partial charge in [-0.05, 0) is 0 Å². The van der Waals surface area contributed by atoms with E-state index >= 15 is 0 Å². The number of hydrogen-bond acceptors (Lipinski definition) is 1.